The molecule has 5 nitrogen and oxygen atoms in total. The van der Waals surface area contributed by atoms with Crippen LogP contribution >= 0.6 is 0 Å². The average molecular weight is 380 g/mol. The van der Waals surface area contributed by atoms with Crippen molar-refractivity contribution in [2.24, 2.45) is 0 Å². The Labute approximate surface area is 163 Å². The van der Waals surface area contributed by atoms with Gasteiger partial charge in [0.05, 0.1) is 12.0 Å². The van der Waals surface area contributed by atoms with Gasteiger partial charge in [0.1, 0.15) is 6.61 Å². The van der Waals surface area contributed by atoms with Crippen LogP contribution in [0, 0.1) is 6.92 Å². The molecule has 1 unspecified atom stereocenters. The number of aliphatic hydroxyl groups is 1. The third-order valence-electron chi connectivity index (χ3n) is 5.00. The second kappa shape index (κ2) is 8.40. The Morgan fingerprint density at radius 1 is 1.18 bits per heavy atom. The number of hydrogen-bond acceptors (Lipinski definition) is 5. The number of ether oxygens (including phenoxy) is 1. The number of ketones is 1. The third-order valence-corrected chi connectivity index (χ3v) is 5.00. The van der Waals surface area contributed by atoms with E-state index in [1.54, 1.807) is 13.0 Å². The van der Waals surface area contributed by atoms with Crippen molar-refractivity contribution in [3.63, 3.8) is 0 Å². The number of aliphatic hydroxyl groups excluding tert-OH is 1. The summed E-state index contributed by atoms with van der Waals surface area (Å²) in [5, 5.41) is 10.0. The zero-order valence-electron chi connectivity index (χ0n) is 16.3. The Hall–Kier alpha value is -2.92. The number of carbonyl (C=O) groups excluding carboxylic acids is 1. The third kappa shape index (κ3) is 3.85. The summed E-state index contributed by atoms with van der Waals surface area (Å²) in [7, 11) is 0. The van der Waals surface area contributed by atoms with Crippen LogP contribution in [0.15, 0.2) is 51.7 Å². The highest BCUT2D eigenvalue weighted by Crippen LogP contribution is 2.28. The first-order chi connectivity index (χ1) is 13.5. The number of fused-ring (bicyclic) bond motifs is 1. The molecular formula is C23H24O5. The summed E-state index contributed by atoms with van der Waals surface area (Å²) in [6.45, 7) is 5.57. The molecule has 28 heavy (non-hydrogen) atoms. The van der Waals surface area contributed by atoms with E-state index in [-0.39, 0.29) is 30.9 Å². The van der Waals surface area contributed by atoms with E-state index in [0.717, 1.165) is 17.5 Å². The largest absolute Gasteiger partial charge is 0.462 e. The quantitative estimate of drug-likeness (QED) is 0.627. The molecule has 2 aromatic carbocycles. The van der Waals surface area contributed by atoms with Gasteiger partial charge in [0, 0.05) is 17.0 Å². The van der Waals surface area contributed by atoms with Crippen molar-refractivity contribution in [2.45, 2.75) is 33.1 Å². The van der Waals surface area contributed by atoms with Crippen molar-refractivity contribution in [2.75, 3.05) is 13.2 Å². The van der Waals surface area contributed by atoms with Gasteiger partial charge in [0.2, 0.25) is 0 Å². The van der Waals surface area contributed by atoms with Crippen molar-refractivity contribution in [3.05, 3.63) is 75.1 Å². The SMILES string of the molecule is CCc1cccc(C(=O)C(C)c2ccc3c(C)c(OCCO)oc(=O)c3c2)c1. The molecule has 0 amide bonds. The van der Waals surface area contributed by atoms with Crippen LogP contribution in [0.5, 0.6) is 5.95 Å². The maximum absolute atomic E-state index is 12.9. The van der Waals surface area contributed by atoms with Crippen molar-refractivity contribution < 1.29 is 19.1 Å². The highest BCUT2D eigenvalue weighted by Gasteiger charge is 2.20. The van der Waals surface area contributed by atoms with Crippen LogP contribution in [0.25, 0.3) is 10.8 Å². The number of benzene rings is 2. The van der Waals surface area contributed by atoms with Crippen LogP contribution < -0.4 is 10.4 Å². The molecule has 1 heterocycles. The zero-order chi connectivity index (χ0) is 20.3. The van der Waals surface area contributed by atoms with Gasteiger partial charge in [-0.2, -0.15) is 0 Å². The van der Waals surface area contributed by atoms with Gasteiger partial charge < -0.3 is 14.3 Å². The molecular weight excluding hydrogens is 356 g/mol. The standard InChI is InChI=1S/C23H24O5/c1-4-16-6-5-7-18(12-16)21(25)14(2)17-8-9-19-15(3)23(27-11-10-24)28-22(26)20(19)13-17/h5-9,12-14,24H,4,10-11H2,1-3H3. The highest BCUT2D eigenvalue weighted by molar-refractivity contribution is 6.01. The van der Waals surface area contributed by atoms with Crippen molar-refractivity contribution in [1.29, 1.82) is 0 Å². The van der Waals surface area contributed by atoms with Gasteiger partial charge in [-0.3, -0.25) is 4.79 Å². The number of hydrogen-bond donors (Lipinski definition) is 1. The summed E-state index contributed by atoms with van der Waals surface area (Å²) in [6, 6.07) is 13.0. The molecule has 146 valence electrons. The molecule has 0 bridgehead atoms. The minimum Gasteiger partial charge on any atom is -0.462 e. The topological polar surface area (TPSA) is 76.7 Å². The highest BCUT2D eigenvalue weighted by atomic mass is 16.6. The van der Waals surface area contributed by atoms with Crippen LogP contribution in [0.3, 0.4) is 0 Å². The molecule has 3 rings (SSSR count). The molecule has 0 radical (unpaired) electrons. The Balaban J connectivity index is 1.98. The van der Waals surface area contributed by atoms with Gasteiger partial charge in [0.15, 0.2) is 5.78 Å². The van der Waals surface area contributed by atoms with Crippen molar-refractivity contribution in [1.82, 2.24) is 0 Å². The van der Waals surface area contributed by atoms with Crippen molar-refractivity contribution in [3.8, 4) is 5.95 Å². The first kappa shape index (κ1) is 19.8. The first-order valence-corrected chi connectivity index (χ1v) is 9.40. The summed E-state index contributed by atoms with van der Waals surface area (Å²) < 4.78 is 10.6. The van der Waals surface area contributed by atoms with E-state index < -0.39 is 5.63 Å². The molecule has 1 atom stereocenters. The van der Waals surface area contributed by atoms with E-state index in [2.05, 4.69) is 6.92 Å². The van der Waals surface area contributed by atoms with E-state index in [9.17, 15) is 9.59 Å². The van der Waals surface area contributed by atoms with Crippen LogP contribution in [0.4, 0.5) is 0 Å². The lowest BCUT2D eigenvalue weighted by molar-refractivity contribution is 0.0966. The summed E-state index contributed by atoms with van der Waals surface area (Å²) in [5.74, 6) is -0.264. The molecule has 0 aliphatic carbocycles. The second-order valence-corrected chi connectivity index (χ2v) is 6.82. The molecule has 5 heteroatoms. The van der Waals surface area contributed by atoms with E-state index in [1.807, 2.05) is 43.3 Å². The first-order valence-electron chi connectivity index (χ1n) is 9.40. The molecule has 0 aliphatic rings. The average Bonchev–Trinajstić information content (AvgIpc) is 2.73. The molecule has 3 aromatic rings. The smallest absolute Gasteiger partial charge is 0.346 e. The lowest BCUT2D eigenvalue weighted by atomic mass is 9.90. The number of rotatable bonds is 7. The Kier molecular flexibility index (Phi) is 5.95. The fourth-order valence-corrected chi connectivity index (χ4v) is 3.27. The van der Waals surface area contributed by atoms with Gasteiger partial charge in [-0.1, -0.05) is 44.2 Å². The van der Waals surface area contributed by atoms with Gasteiger partial charge in [-0.15, -0.1) is 0 Å². The molecule has 0 fully saturated rings. The fourth-order valence-electron chi connectivity index (χ4n) is 3.27. The second-order valence-electron chi connectivity index (χ2n) is 6.82. The van der Waals surface area contributed by atoms with Gasteiger partial charge >= 0.3 is 5.63 Å². The van der Waals surface area contributed by atoms with Gasteiger partial charge in [0.25, 0.3) is 5.95 Å². The number of carbonyl (C=O) groups is 1. The molecule has 0 saturated carbocycles. The van der Waals surface area contributed by atoms with E-state index in [0.29, 0.717) is 21.9 Å². The fraction of sp³-hybridized carbons (Fsp3) is 0.304. The molecule has 0 saturated heterocycles. The minimum atomic E-state index is -0.525. The molecule has 1 N–H and O–H groups in total. The maximum atomic E-state index is 12.9. The lowest BCUT2D eigenvalue weighted by Gasteiger charge is -2.14. The van der Waals surface area contributed by atoms with Crippen LogP contribution in [-0.2, 0) is 6.42 Å². The van der Waals surface area contributed by atoms with Crippen LogP contribution in [0.2, 0.25) is 0 Å². The van der Waals surface area contributed by atoms with Crippen LogP contribution in [0.1, 0.15) is 46.8 Å². The minimum absolute atomic E-state index is 0.0126. The summed E-state index contributed by atoms with van der Waals surface area (Å²) in [6.07, 6.45) is 0.868. The van der Waals surface area contributed by atoms with E-state index in [4.69, 9.17) is 14.3 Å². The van der Waals surface area contributed by atoms with Crippen LogP contribution in [-0.4, -0.2) is 24.1 Å². The monoisotopic (exact) mass is 380 g/mol. The molecule has 0 spiro atoms. The van der Waals surface area contributed by atoms with Crippen molar-refractivity contribution >= 4 is 16.6 Å². The summed E-state index contributed by atoms with van der Waals surface area (Å²) in [5.41, 5.74) is 2.70. The Bertz CT molecular complexity index is 1060. The van der Waals surface area contributed by atoms with Gasteiger partial charge in [-0.05, 0) is 42.0 Å². The zero-order valence-corrected chi connectivity index (χ0v) is 16.3. The normalized spacial score (nSPS) is 12.1. The Morgan fingerprint density at radius 2 is 1.96 bits per heavy atom. The molecule has 0 aliphatic heterocycles. The van der Waals surface area contributed by atoms with E-state index >= 15 is 0 Å². The molecule has 1 aromatic heterocycles. The lowest BCUT2D eigenvalue weighted by Crippen LogP contribution is -2.12. The summed E-state index contributed by atoms with van der Waals surface area (Å²) >= 11 is 0. The predicted molar refractivity (Wildman–Crippen MR) is 108 cm³/mol. The van der Waals surface area contributed by atoms with E-state index in [1.165, 1.54) is 0 Å². The number of aryl methyl sites for hydroxylation is 2. The summed E-state index contributed by atoms with van der Waals surface area (Å²) in [4.78, 5) is 25.3. The van der Waals surface area contributed by atoms with Gasteiger partial charge in [-0.25, -0.2) is 4.79 Å². The predicted octanol–water partition coefficient (Wildman–Crippen LogP) is 4.02. The Morgan fingerprint density at radius 3 is 2.68 bits per heavy atom. The maximum Gasteiger partial charge on any atom is 0.346 e. The number of Topliss-reactive ketones (excluding diaryl/α,β-unsaturated/α-hetero) is 1.